The molecule has 0 amide bonds. The average Bonchev–Trinajstić information content (AvgIpc) is 3.80. The molecule has 0 atom stereocenters. The van der Waals surface area contributed by atoms with Crippen molar-refractivity contribution >= 4 is 64.1 Å². The van der Waals surface area contributed by atoms with E-state index >= 15 is 0 Å². The maximum Gasteiger partial charge on any atom is 0.166 e. The van der Waals surface area contributed by atoms with Gasteiger partial charge in [0.25, 0.3) is 0 Å². The van der Waals surface area contributed by atoms with Gasteiger partial charge < -0.3 is 4.57 Å². The van der Waals surface area contributed by atoms with Crippen LogP contribution in [0.4, 0.5) is 0 Å². The van der Waals surface area contributed by atoms with E-state index in [0.29, 0.717) is 17.5 Å². The number of thiophene rings is 1. The molecule has 8 aromatic carbocycles. The van der Waals surface area contributed by atoms with Crippen molar-refractivity contribution in [3.05, 3.63) is 182 Å². The zero-order valence-electron chi connectivity index (χ0n) is 29.0. The molecule has 5 heteroatoms. The van der Waals surface area contributed by atoms with Crippen LogP contribution in [0.5, 0.6) is 0 Å². The molecule has 0 bridgehead atoms. The van der Waals surface area contributed by atoms with E-state index in [1.54, 1.807) is 0 Å². The fraction of sp³-hybridized carbons (Fsp3) is 0. The molecule has 0 aliphatic rings. The van der Waals surface area contributed by atoms with Crippen molar-refractivity contribution in [1.29, 1.82) is 0 Å². The number of hydrogen-bond donors (Lipinski definition) is 0. The Morgan fingerprint density at radius 1 is 0.352 bits per heavy atom. The summed E-state index contributed by atoms with van der Waals surface area (Å²) in [5, 5.41) is 7.19. The van der Waals surface area contributed by atoms with Gasteiger partial charge in [0.2, 0.25) is 0 Å². The van der Waals surface area contributed by atoms with Crippen molar-refractivity contribution in [2.75, 3.05) is 0 Å². The van der Waals surface area contributed by atoms with Gasteiger partial charge in [-0.2, -0.15) is 0 Å². The third-order valence-electron chi connectivity index (χ3n) is 10.5. The van der Waals surface area contributed by atoms with Gasteiger partial charge in [-0.15, -0.1) is 11.3 Å². The van der Waals surface area contributed by atoms with Crippen LogP contribution in [0.2, 0.25) is 0 Å². The second-order valence-electron chi connectivity index (χ2n) is 13.5. The minimum atomic E-state index is 0.632. The van der Waals surface area contributed by atoms with E-state index in [0.717, 1.165) is 49.6 Å². The highest BCUT2D eigenvalue weighted by molar-refractivity contribution is 7.26. The number of rotatable bonds is 5. The Bertz CT molecular complexity index is 3220. The van der Waals surface area contributed by atoms with Gasteiger partial charge >= 0.3 is 0 Å². The lowest BCUT2D eigenvalue weighted by Crippen LogP contribution is -2.02. The first kappa shape index (κ1) is 30.7. The summed E-state index contributed by atoms with van der Waals surface area (Å²) in [6, 6.07) is 64.3. The summed E-state index contributed by atoms with van der Waals surface area (Å²) < 4.78 is 4.94. The van der Waals surface area contributed by atoms with Gasteiger partial charge in [0.15, 0.2) is 17.5 Å². The molecule has 4 nitrogen and oxygen atoms in total. The van der Waals surface area contributed by atoms with Crippen LogP contribution in [0.15, 0.2) is 182 Å². The van der Waals surface area contributed by atoms with Crippen LogP contribution >= 0.6 is 11.3 Å². The van der Waals surface area contributed by atoms with Gasteiger partial charge in [-0.1, -0.05) is 146 Å². The number of fused-ring (bicyclic) bond motifs is 7. The summed E-state index contributed by atoms with van der Waals surface area (Å²) in [6.07, 6.45) is 0. The summed E-state index contributed by atoms with van der Waals surface area (Å²) in [7, 11) is 0. The quantitative estimate of drug-likeness (QED) is 0.179. The molecule has 0 saturated carbocycles. The van der Waals surface area contributed by atoms with Gasteiger partial charge in [0.05, 0.1) is 11.0 Å². The SMILES string of the molecule is c1ccc(-c2nc(-c3ccc(-c4cccc5c4sc4ccccc45)c4ccccc34)nc(-c3cccc4c5ccccc5n(-c5ccccc5)c34)n2)cc1. The van der Waals surface area contributed by atoms with Crippen LogP contribution in [-0.4, -0.2) is 19.5 Å². The van der Waals surface area contributed by atoms with Crippen molar-refractivity contribution in [2.24, 2.45) is 0 Å². The van der Waals surface area contributed by atoms with E-state index in [-0.39, 0.29) is 0 Å². The molecular weight excluding hydrogens is 677 g/mol. The molecule has 0 aliphatic carbocycles. The Morgan fingerprint density at radius 3 is 1.70 bits per heavy atom. The zero-order chi connectivity index (χ0) is 35.6. The maximum atomic E-state index is 5.35. The molecule has 0 spiro atoms. The minimum Gasteiger partial charge on any atom is -0.309 e. The van der Waals surface area contributed by atoms with Crippen LogP contribution in [0.1, 0.15) is 0 Å². The van der Waals surface area contributed by atoms with E-state index in [1.165, 1.54) is 36.7 Å². The topological polar surface area (TPSA) is 43.6 Å². The maximum absolute atomic E-state index is 5.35. The fourth-order valence-electron chi connectivity index (χ4n) is 8.07. The van der Waals surface area contributed by atoms with Crippen molar-refractivity contribution in [1.82, 2.24) is 19.5 Å². The van der Waals surface area contributed by atoms with Crippen molar-refractivity contribution in [3.8, 4) is 51.0 Å². The van der Waals surface area contributed by atoms with Gasteiger partial charge in [-0.25, -0.2) is 15.0 Å². The molecule has 0 aliphatic heterocycles. The van der Waals surface area contributed by atoms with Crippen LogP contribution in [0.25, 0.3) is 104 Å². The largest absolute Gasteiger partial charge is 0.309 e. The predicted molar refractivity (Wildman–Crippen MR) is 226 cm³/mol. The minimum absolute atomic E-state index is 0.632. The normalized spacial score (nSPS) is 11.7. The van der Waals surface area contributed by atoms with Crippen LogP contribution in [-0.2, 0) is 0 Å². The second-order valence-corrected chi connectivity index (χ2v) is 14.6. The number of para-hydroxylation sites is 3. The summed E-state index contributed by atoms with van der Waals surface area (Å²) in [5.74, 6) is 1.91. The average molecular weight is 707 g/mol. The Hall–Kier alpha value is -6.95. The highest BCUT2D eigenvalue weighted by Gasteiger charge is 2.21. The lowest BCUT2D eigenvalue weighted by atomic mass is 9.94. The Kier molecular flexibility index (Phi) is 7.00. The van der Waals surface area contributed by atoms with E-state index in [2.05, 4.69) is 168 Å². The molecule has 0 unspecified atom stereocenters. The Morgan fingerprint density at radius 2 is 0.907 bits per heavy atom. The standard InChI is InChI=1S/C49H30N4S/c1-3-15-31(16-4-1)47-50-48(52-49(51-47)42-26-13-23-38-36-21-9-11-27-43(36)53(45(38)42)32-17-5-2-6-18-32)41-30-29-35(33-19-7-8-20-34(33)41)39-24-14-25-40-37-22-10-12-28-44(37)54-46(39)40/h1-30H. The zero-order valence-corrected chi connectivity index (χ0v) is 29.8. The molecule has 3 aromatic heterocycles. The Balaban J connectivity index is 1.17. The second kappa shape index (κ2) is 12.3. The van der Waals surface area contributed by atoms with Crippen LogP contribution < -0.4 is 0 Å². The first-order valence-corrected chi connectivity index (χ1v) is 18.9. The highest BCUT2D eigenvalue weighted by atomic mass is 32.1. The van der Waals surface area contributed by atoms with Crippen molar-refractivity contribution < 1.29 is 0 Å². The molecule has 252 valence electrons. The Labute approximate surface area is 315 Å². The summed E-state index contributed by atoms with van der Waals surface area (Å²) >= 11 is 1.86. The molecule has 11 rings (SSSR count). The van der Waals surface area contributed by atoms with Crippen LogP contribution in [0, 0.1) is 0 Å². The predicted octanol–water partition coefficient (Wildman–Crippen LogP) is 13.2. The molecule has 11 aromatic rings. The number of benzene rings is 8. The van der Waals surface area contributed by atoms with Gasteiger partial charge in [-0.3, -0.25) is 0 Å². The van der Waals surface area contributed by atoms with Gasteiger partial charge in [-0.05, 0) is 52.7 Å². The number of nitrogens with zero attached hydrogens (tertiary/aromatic N) is 4. The van der Waals surface area contributed by atoms with E-state index in [9.17, 15) is 0 Å². The molecule has 0 N–H and O–H groups in total. The van der Waals surface area contributed by atoms with E-state index < -0.39 is 0 Å². The summed E-state index contributed by atoms with van der Waals surface area (Å²) in [5.41, 5.74) is 8.58. The molecule has 0 saturated heterocycles. The highest BCUT2D eigenvalue weighted by Crippen LogP contribution is 2.44. The van der Waals surface area contributed by atoms with Gasteiger partial charge in [0.1, 0.15) is 0 Å². The molecule has 3 heterocycles. The van der Waals surface area contributed by atoms with Gasteiger partial charge in [0, 0.05) is 58.9 Å². The fourth-order valence-corrected chi connectivity index (χ4v) is 9.30. The van der Waals surface area contributed by atoms with Crippen molar-refractivity contribution in [3.63, 3.8) is 0 Å². The van der Waals surface area contributed by atoms with E-state index in [1.807, 2.05) is 29.5 Å². The first-order valence-electron chi connectivity index (χ1n) is 18.1. The summed E-state index contributed by atoms with van der Waals surface area (Å²) in [6.45, 7) is 0. The monoisotopic (exact) mass is 706 g/mol. The molecular formula is C49H30N4S. The first-order chi connectivity index (χ1) is 26.8. The third kappa shape index (κ3) is 4.79. The van der Waals surface area contributed by atoms with Crippen molar-refractivity contribution in [2.45, 2.75) is 0 Å². The molecule has 54 heavy (non-hydrogen) atoms. The van der Waals surface area contributed by atoms with E-state index in [4.69, 9.17) is 15.0 Å². The molecule has 0 radical (unpaired) electrons. The molecule has 0 fully saturated rings. The van der Waals surface area contributed by atoms with Crippen LogP contribution in [0.3, 0.4) is 0 Å². The lowest BCUT2D eigenvalue weighted by Gasteiger charge is -2.14. The number of aromatic nitrogens is 4. The summed E-state index contributed by atoms with van der Waals surface area (Å²) in [4.78, 5) is 15.8. The third-order valence-corrected chi connectivity index (χ3v) is 11.7. The lowest BCUT2D eigenvalue weighted by molar-refractivity contribution is 1.07. The number of hydrogen-bond acceptors (Lipinski definition) is 4. The smallest absolute Gasteiger partial charge is 0.166 e.